The minimum Gasteiger partial charge on any atom is -0.409 e. The standard InChI is InChI=1S/C12H23N3O3/c1-7(2)10(11(13)15-18)12(17)14-8-5-3-4-6-9(8)16/h7-10,16,18H,3-6H2,1-2H3,(H2,13,15)(H,14,17). The molecule has 6 nitrogen and oxygen atoms in total. The van der Waals surface area contributed by atoms with E-state index in [0.29, 0.717) is 6.42 Å². The molecule has 1 rings (SSSR count). The van der Waals surface area contributed by atoms with Crippen LogP contribution in [0, 0.1) is 11.8 Å². The van der Waals surface area contributed by atoms with E-state index in [4.69, 9.17) is 10.9 Å². The van der Waals surface area contributed by atoms with Crippen LogP contribution in [-0.4, -0.2) is 34.2 Å². The summed E-state index contributed by atoms with van der Waals surface area (Å²) in [6, 6.07) is -0.223. The molecule has 1 fully saturated rings. The van der Waals surface area contributed by atoms with Gasteiger partial charge in [-0.25, -0.2) is 0 Å². The number of aliphatic hydroxyl groups is 1. The van der Waals surface area contributed by atoms with E-state index < -0.39 is 12.0 Å². The molecule has 18 heavy (non-hydrogen) atoms. The Morgan fingerprint density at radius 3 is 2.50 bits per heavy atom. The number of oxime groups is 1. The number of hydrogen-bond donors (Lipinski definition) is 4. The van der Waals surface area contributed by atoms with E-state index >= 15 is 0 Å². The lowest BCUT2D eigenvalue weighted by Crippen LogP contribution is -2.50. The maximum Gasteiger partial charge on any atom is 0.231 e. The number of carbonyl (C=O) groups excluding carboxylic acids is 1. The Morgan fingerprint density at radius 2 is 2.00 bits per heavy atom. The lowest BCUT2D eigenvalue weighted by atomic mass is 9.90. The van der Waals surface area contributed by atoms with E-state index in [1.54, 1.807) is 0 Å². The Balaban J connectivity index is 2.66. The van der Waals surface area contributed by atoms with Crippen LogP contribution in [0.4, 0.5) is 0 Å². The number of amides is 1. The molecule has 1 saturated carbocycles. The maximum atomic E-state index is 12.1. The van der Waals surface area contributed by atoms with E-state index in [1.165, 1.54) is 0 Å². The zero-order chi connectivity index (χ0) is 13.7. The van der Waals surface area contributed by atoms with Crippen LogP contribution in [0.1, 0.15) is 39.5 Å². The van der Waals surface area contributed by atoms with Crippen LogP contribution in [0.2, 0.25) is 0 Å². The van der Waals surface area contributed by atoms with Crippen molar-refractivity contribution in [2.45, 2.75) is 51.7 Å². The number of nitrogens with two attached hydrogens (primary N) is 1. The predicted octanol–water partition coefficient (Wildman–Crippen LogP) is 0.425. The van der Waals surface area contributed by atoms with Crippen LogP contribution >= 0.6 is 0 Å². The van der Waals surface area contributed by atoms with Gasteiger partial charge in [-0.15, -0.1) is 0 Å². The third kappa shape index (κ3) is 3.60. The van der Waals surface area contributed by atoms with Crippen molar-refractivity contribution in [3.63, 3.8) is 0 Å². The number of hydrogen-bond acceptors (Lipinski definition) is 4. The Morgan fingerprint density at radius 1 is 1.39 bits per heavy atom. The number of rotatable bonds is 4. The lowest BCUT2D eigenvalue weighted by Gasteiger charge is -2.30. The highest BCUT2D eigenvalue weighted by Gasteiger charge is 2.31. The molecule has 0 radical (unpaired) electrons. The van der Waals surface area contributed by atoms with Gasteiger partial charge in [-0.1, -0.05) is 31.8 Å². The van der Waals surface area contributed by atoms with Crippen LogP contribution in [0.25, 0.3) is 0 Å². The summed E-state index contributed by atoms with van der Waals surface area (Å²) in [4.78, 5) is 12.1. The van der Waals surface area contributed by atoms with Crippen molar-refractivity contribution >= 4 is 11.7 Å². The summed E-state index contributed by atoms with van der Waals surface area (Å²) < 4.78 is 0. The largest absolute Gasteiger partial charge is 0.409 e. The lowest BCUT2D eigenvalue weighted by molar-refractivity contribution is -0.126. The molecule has 5 N–H and O–H groups in total. The molecular weight excluding hydrogens is 234 g/mol. The topological polar surface area (TPSA) is 108 Å². The van der Waals surface area contributed by atoms with Gasteiger partial charge in [-0.3, -0.25) is 4.79 Å². The smallest absolute Gasteiger partial charge is 0.231 e. The molecule has 3 atom stereocenters. The van der Waals surface area contributed by atoms with Crippen molar-refractivity contribution in [2.75, 3.05) is 0 Å². The van der Waals surface area contributed by atoms with E-state index in [2.05, 4.69) is 10.5 Å². The molecule has 1 amide bonds. The molecule has 0 spiro atoms. The fourth-order valence-electron chi connectivity index (χ4n) is 2.39. The Labute approximate surface area is 107 Å². The summed E-state index contributed by atoms with van der Waals surface area (Å²) in [5.74, 6) is -1.11. The van der Waals surface area contributed by atoms with Crippen LogP contribution in [0.15, 0.2) is 5.16 Å². The van der Waals surface area contributed by atoms with Gasteiger partial charge in [0.2, 0.25) is 5.91 Å². The molecule has 1 aliphatic carbocycles. The van der Waals surface area contributed by atoms with Gasteiger partial charge in [0.15, 0.2) is 5.84 Å². The first-order valence-corrected chi connectivity index (χ1v) is 6.43. The Bertz CT molecular complexity index is 318. The first-order valence-electron chi connectivity index (χ1n) is 6.43. The molecule has 0 bridgehead atoms. The van der Waals surface area contributed by atoms with Crippen molar-refractivity contribution in [3.05, 3.63) is 0 Å². The van der Waals surface area contributed by atoms with E-state index in [0.717, 1.165) is 19.3 Å². The van der Waals surface area contributed by atoms with Gasteiger partial charge >= 0.3 is 0 Å². The van der Waals surface area contributed by atoms with Gasteiger partial charge < -0.3 is 21.4 Å². The van der Waals surface area contributed by atoms with Gasteiger partial charge in [0.1, 0.15) is 5.92 Å². The van der Waals surface area contributed by atoms with Crippen molar-refractivity contribution < 1.29 is 15.1 Å². The average molecular weight is 257 g/mol. The van der Waals surface area contributed by atoms with Crippen LogP contribution < -0.4 is 11.1 Å². The van der Waals surface area contributed by atoms with Gasteiger partial charge in [0, 0.05) is 0 Å². The highest BCUT2D eigenvalue weighted by molar-refractivity contribution is 6.02. The van der Waals surface area contributed by atoms with Gasteiger partial charge in [-0.2, -0.15) is 0 Å². The zero-order valence-electron chi connectivity index (χ0n) is 11.0. The third-order valence-corrected chi connectivity index (χ3v) is 3.44. The van der Waals surface area contributed by atoms with Crippen LogP contribution in [0.3, 0.4) is 0 Å². The summed E-state index contributed by atoms with van der Waals surface area (Å²) in [7, 11) is 0. The molecule has 1 aliphatic rings. The van der Waals surface area contributed by atoms with E-state index in [1.807, 2.05) is 13.8 Å². The Kier molecular flexibility index (Phi) is 5.40. The first kappa shape index (κ1) is 14.8. The second-order valence-electron chi connectivity index (χ2n) is 5.21. The van der Waals surface area contributed by atoms with Gasteiger partial charge in [0.05, 0.1) is 12.1 Å². The molecule has 3 unspecified atom stereocenters. The molecule has 6 heteroatoms. The maximum absolute atomic E-state index is 12.1. The summed E-state index contributed by atoms with van der Waals surface area (Å²) in [5.41, 5.74) is 5.54. The fraction of sp³-hybridized carbons (Fsp3) is 0.833. The molecule has 0 aromatic carbocycles. The van der Waals surface area contributed by atoms with Crippen molar-refractivity contribution in [1.82, 2.24) is 5.32 Å². The summed E-state index contributed by atoms with van der Waals surface area (Å²) in [5, 5.41) is 24.2. The second kappa shape index (κ2) is 6.58. The highest BCUT2D eigenvalue weighted by Crippen LogP contribution is 2.20. The molecule has 0 aromatic heterocycles. The minimum atomic E-state index is -0.663. The van der Waals surface area contributed by atoms with Crippen molar-refractivity contribution in [1.29, 1.82) is 0 Å². The van der Waals surface area contributed by atoms with Crippen molar-refractivity contribution in [2.24, 2.45) is 22.7 Å². The molecule has 0 saturated heterocycles. The van der Waals surface area contributed by atoms with Crippen LogP contribution in [-0.2, 0) is 4.79 Å². The number of carbonyl (C=O) groups is 1. The SMILES string of the molecule is CC(C)C(C(=O)NC1CCCCC1O)C(N)=NO. The minimum absolute atomic E-state index is 0.0679. The first-order chi connectivity index (χ1) is 8.47. The average Bonchev–Trinajstić information content (AvgIpc) is 2.31. The fourth-order valence-corrected chi connectivity index (χ4v) is 2.39. The highest BCUT2D eigenvalue weighted by atomic mass is 16.4. The number of amidine groups is 1. The van der Waals surface area contributed by atoms with E-state index in [-0.39, 0.29) is 23.7 Å². The summed E-state index contributed by atoms with van der Waals surface area (Å²) >= 11 is 0. The molecule has 0 aliphatic heterocycles. The normalized spacial score (nSPS) is 27.0. The monoisotopic (exact) mass is 257 g/mol. The molecular formula is C12H23N3O3. The summed E-state index contributed by atoms with van der Waals surface area (Å²) in [6.07, 6.45) is 2.97. The zero-order valence-corrected chi connectivity index (χ0v) is 11.0. The van der Waals surface area contributed by atoms with Gasteiger partial charge in [0.25, 0.3) is 0 Å². The van der Waals surface area contributed by atoms with E-state index in [9.17, 15) is 9.90 Å². The number of aliphatic hydroxyl groups excluding tert-OH is 1. The van der Waals surface area contributed by atoms with Gasteiger partial charge in [-0.05, 0) is 18.8 Å². The number of nitrogens with zero attached hydrogens (tertiary/aromatic N) is 1. The van der Waals surface area contributed by atoms with Crippen LogP contribution in [0.5, 0.6) is 0 Å². The predicted molar refractivity (Wildman–Crippen MR) is 68.1 cm³/mol. The quantitative estimate of drug-likeness (QED) is 0.253. The third-order valence-electron chi connectivity index (χ3n) is 3.44. The summed E-state index contributed by atoms with van der Waals surface area (Å²) in [6.45, 7) is 3.67. The molecule has 104 valence electrons. The second-order valence-corrected chi connectivity index (χ2v) is 5.21. The Hall–Kier alpha value is -1.30. The molecule has 0 heterocycles. The number of nitrogens with one attached hydrogen (secondary N) is 1. The van der Waals surface area contributed by atoms with Crippen molar-refractivity contribution in [3.8, 4) is 0 Å². The molecule has 0 aromatic rings.